The third-order valence-corrected chi connectivity index (χ3v) is 3.52. The Kier molecular flexibility index (Phi) is 5.94. The van der Waals surface area contributed by atoms with Crippen LogP contribution in [0.2, 0.25) is 0 Å². The molecule has 1 aromatic carbocycles. The van der Waals surface area contributed by atoms with Gasteiger partial charge in [0.15, 0.2) is 0 Å². The second-order valence-electron chi connectivity index (χ2n) is 3.88. The first-order valence-corrected chi connectivity index (χ1v) is 7.38. The molecule has 0 saturated carbocycles. The Bertz CT molecular complexity index is 502. The molecule has 0 saturated heterocycles. The highest BCUT2D eigenvalue weighted by molar-refractivity contribution is 7.87. The number of nitrogens with one attached hydrogen (secondary N) is 2. The molecule has 6 nitrogen and oxygen atoms in total. The second kappa shape index (κ2) is 7.22. The van der Waals surface area contributed by atoms with Gasteiger partial charge < -0.3 is 4.74 Å². The number of methoxy groups -OCH3 is 1. The minimum absolute atomic E-state index is 0.304. The van der Waals surface area contributed by atoms with Crippen molar-refractivity contribution in [2.45, 2.75) is 19.4 Å². The summed E-state index contributed by atoms with van der Waals surface area (Å²) < 4.78 is 32.8. The molecule has 0 amide bonds. The molecule has 0 radical (unpaired) electrons. The Hall–Kier alpha value is -1.44. The fourth-order valence-corrected chi connectivity index (χ4v) is 2.55. The first-order chi connectivity index (χ1) is 9.00. The molecule has 1 aromatic rings. The van der Waals surface area contributed by atoms with Gasteiger partial charge in [0.25, 0.3) is 10.2 Å². The topological polar surface area (TPSA) is 84.5 Å². The van der Waals surface area contributed by atoms with E-state index in [0.717, 1.165) is 0 Å². The van der Waals surface area contributed by atoms with Gasteiger partial charge in [-0.25, -0.2) is 9.52 Å². The Labute approximate surface area is 113 Å². The van der Waals surface area contributed by atoms with Gasteiger partial charge in [0.2, 0.25) is 0 Å². The zero-order chi connectivity index (χ0) is 14.3. The summed E-state index contributed by atoms with van der Waals surface area (Å²) in [6.07, 6.45) is 0.662. The number of benzene rings is 1. The fourth-order valence-electron chi connectivity index (χ4n) is 1.45. The molecule has 2 N–H and O–H groups in total. The highest BCUT2D eigenvalue weighted by Crippen LogP contribution is 2.14. The first-order valence-electron chi connectivity index (χ1n) is 5.90. The molecule has 0 aliphatic heterocycles. The van der Waals surface area contributed by atoms with Crippen molar-refractivity contribution in [2.24, 2.45) is 0 Å². The van der Waals surface area contributed by atoms with Gasteiger partial charge in [0.1, 0.15) is 6.04 Å². The molecule has 0 fully saturated rings. The highest BCUT2D eigenvalue weighted by Gasteiger charge is 2.26. The van der Waals surface area contributed by atoms with Gasteiger partial charge in [-0.3, -0.25) is 0 Å². The largest absolute Gasteiger partial charge is 0.468 e. The maximum atomic E-state index is 11.8. The Morgan fingerprint density at radius 1 is 1.32 bits per heavy atom. The molecule has 19 heavy (non-hydrogen) atoms. The van der Waals surface area contributed by atoms with Crippen LogP contribution in [0.5, 0.6) is 0 Å². The average molecular weight is 286 g/mol. The first kappa shape index (κ1) is 15.6. The van der Waals surface area contributed by atoms with Crippen molar-refractivity contribution in [2.75, 3.05) is 13.7 Å². The average Bonchev–Trinajstić information content (AvgIpc) is 2.43. The lowest BCUT2D eigenvalue weighted by atomic mass is 10.1. The predicted octanol–water partition coefficient (Wildman–Crippen LogP) is 0.735. The van der Waals surface area contributed by atoms with E-state index in [-0.39, 0.29) is 0 Å². The number of hydrogen-bond acceptors (Lipinski definition) is 4. The van der Waals surface area contributed by atoms with Crippen LogP contribution in [0.4, 0.5) is 0 Å². The summed E-state index contributed by atoms with van der Waals surface area (Å²) in [6, 6.07) is 7.48. The maximum absolute atomic E-state index is 11.8. The smallest absolute Gasteiger partial charge is 0.328 e. The minimum atomic E-state index is -3.75. The zero-order valence-electron chi connectivity index (χ0n) is 10.9. The normalized spacial score (nSPS) is 12.9. The zero-order valence-corrected chi connectivity index (χ0v) is 11.7. The third kappa shape index (κ3) is 4.98. The molecule has 0 heterocycles. The molecule has 0 aliphatic rings. The summed E-state index contributed by atoms with van der Waals surface area (Å²) in [5.74, 6) is -0.659. The van der Waals surface area contributed by atoms with Gasteiger partial charge in [-0.05, 0) is 12.0 Å². The lowest BCUT2D eigenvalue weighted by Gasteiger charge is -2.17. The molecule has 0 spiro atoms. The van der Waals surface area contributed by atoms with E-state index in [0.29, 0.717) is 18.5 Å². The predicted molar refractivity (Wildman–Crippen MR) is 71.5 cm³/mol. The van der Waals surface area contributed by atoms with Gasteiger partial charge in [-0.1, -0.05) is 37.3 Å². The van der Waals surface area contributed by atoms with Crippen LogP contribution in [-0.4, -0.2) is 28.0 Å². The van der Waals surface area contributed by atoms with E-state index in [9.17, 15) is 13.2 Å². The van der Waals surface area contributed by atoms with E-state index in [2.05, 4.69) is 14.2 Å². The van der Waals surface area contributed by atoms with Crippen LogP contribution in [0.15, 0.2) is 30.3 Å². The number of ether oxygens (including phenoxy) is 1. The molecule has 7 heteroatoms. The van der Waals surface area contributed by atoms with Crippen molar-refractivity contribution in [3.8, 4) is 0 Å². The summed E-state index contributed by atoms with van der Waals surface area (Å²) >= 11 is 0. The Morgan fingerprint density at radius 3 is 2.47 bits per heavy atom. The van der Waals surface area contributed by atoms with E-state index in [4.69, 9.17) is 0 Å². The fraction of sp³-hybridized carbons (Fsp3) is 0.417. The van der Waals surface area contributed by atoms with Crippen molar-refractivity contribution in [3.05, 3.63) is 35.9 Å². The van der Waals surface area contributed by atoms with Crippen LogP contribution in [-0.2, 0) is 19.7 Å². The highest BCUT2D eigenvalue weighted by atomic mass is 32.2. The van der Waals surface area contributed by atoms with Crippen LogP contribution in [0, 0.1) is 0 Å². The number of carbonyl (C=O) groups is 1. The summed E-state index contributed by atoms with van der Waals surface area (Å²) in [5.41, 5.74) is 0.524. The number of carbonyl (C=O) groups excluding carboxylic acids is 1. The summed E-state index contributed by atoms with van der Waals surface area (Å²) in [4.78, 5) is 11.7. The summed E-state index contributed by atoms with van der Waals surface area (Å²) in [5, 5.41) is 0. The van der Waals surface area contributed by atoms with Crippen LogP contribution in [0.25, 0.3) is 0 Å². The van der Waals surface area contributed by atoms with Crippen LogP contribution < -0.4 is 9.44 Å². The second-order valence-corrected chi connectivity index (χ2v) is 5.41. The number of esters is 1. The Balaban J connectivity index is 2.91. The molecule has 1 unspecified atom stereocenters. The van der Waals surface area contributed by atoms with E-state index in [1.807, 2.05) is 6.92 Å². The molecular weight excluding hydrogens is 268 g/mol. The quantitative estimate of drug-likeness (QED) is 0.724. The molecule has 0 bridgehead atoms. The van der Waals surface area contributed by atoms with Crippen LogP contribution in [0.3, 0.4) is 0 Å². The van der Waals surface area contributed by atoms with E-state index >= 15 is 0 Å². The Morgan fingerprint density at radius 2 is 1.95 bits per heavy atom. The summed E-state index contributed by atoms with van der Waals surface area (Å²) in [6.45, 7) is 2.15. The molecule has 1 atom stereocenters. The van der Waals surface area contributed by atoms with Crippen LogP contribution >= 0.6 is 0 Å². The van der Waals surface area contributed by atoms with Gasteiger partial charge in [0.05, 0.1) is 7.11 Å². The molecule has 106 valence electrons. The number of hydrogen-bond donors (Lipinski definition) is 2. The van der Waals surface area contributed by atoms with E-state index in [1.165, 1.54) is 7.11 Å². The van der Waals surface area contributed by atoms with Crippen LogP contribution in [0.1, 0.15) is 24.9 Å². The maximum Gasteiger partial charge on any atom is 0.328 e. The lowest BCUT2D eigenvalue weighted by molar-refractivity contribution is -0.142. The lowest BCUT2D eigenvalue weighted by Crippen LogP contribution is -2.42. The molecule has 1 rings (SSSR count). The van der Waals surface area contributed by atoms with Crippen molar-refractivity contribution >= 4 is 16.2 Å². The SMILES string of the molecule is CCCNS(=O)(=O)NC(C(=O)OC)c1ccccc1. The van der Waals surface area contributed by atoms with Gasteiger partial charge in [0, 0.05) is 6.54 Å². The number of rotatable bonds is 7. The molecule has 0 aromatic heterocycles. The van der Waals surface area contributed by atoms with Crippen molar-refractivity contribution in [1.82, 2.24) is 9.44 Å². The molecular formula is C12H18N2O4S. The molecule has 0 aliphatic carbocycles. The summed E-state index contributed by atoms with van der Waals surface area (Å²) in [7, 11) is -2.53. The van der Waals surface area contributed by atoms with Crippen molar-refractivity contribution < 1.29 is 17.9 Å². The van der Waals surface area contributed by atoms with Crippen molar-refractivity contribution in [1.29, 1.82) is 0 Å². The standard InChI is InChI=1S/C12H18N2O4S/c1-3-9-13-19(16,17)14-11(12(15)18-2)10-7-5-4-6-8-10/h4-8,11,13-14H,3,9H2,1-2H3. The van der Waals surface area contributed by atoms with Crippen molar-refractivity contribution in [3.63, 3.8) is 0 Å². The van der Waals surface area contributed by atoms with Gasteiger partial charge >= 0.3 is 5.97 Å². The van der Waals surface area contributed by atoms with E-state index in [1.54, 1.807) is 30.3 Å². The monoisotopic (exact) mass is 286 g/mol. The third-order valence-electron chi connectivity index (χ3n) is 2.38. The van der Waals surface area contributed by atoms with Gasteiger partial charge in [-0.15, -0.1) is 0 Å². The van der Waals surface area contributed by atoms with E-state index < -0.39 is 22.2 Å². The van der Waals surface area contributed by atoms with Gasteiger partial charge in [-0.2, -0.15) is 13.1 Å². The minimum Gasteiger partial charge on any atom is -0.468 e.